The molecule has 2 fully saturated rings. The standard InChI is InChI=1S/C20H28N2O4/c1-15-7-9-21(10-8-15)18-11-17(19(23)24)12-22(13-18)20(25)26-14-16-5-3-2-4-6-16/h2-6,15,17-18H,7-14H2,1H3,(H,23,24)/t17-,18+/m1/s1. The van der Waals surface area contributed by atoms with Gasteiger partial charge in [-0.3, -0.25) is 9.69 Å². The molecule has 3 rings (SSSR count). The lowest BCUT2D eigenvalue weighted by atomic mass is 9.90. The van der Waals surface area contributed by atoms with Crippen molar-refractivity contribution in [3.8, 4) is 0 Å². The monoisotopic (exact) mass is 360 g/mol. The van der Waals surface area contributed by atoms with Crippen molar-refractivity contribution in [2.24, 2.45) is 11.8 Å². The third-order valence-corrected chi connectivity index (χ3v) is 5.58. The minimum absolute atomic E-state index is 0.0987. The predicted octanol–water partition coefficient (Wildman–Crippen LogP) is 2.83. The second-order valence-electron chi connectivity index (χ2n) is 7.59. The number of nitrogens with zero attached hydrogens (tertiary/aromatic N) is 2. The van der Waals surface area contributed by atoms with E-state index in [9.17, 15) is 14.7 Å². The van der Waals surface area contributed by atoms with E-state index in [1.807, 2.05) is 30.3 Å². The second kappa shape index (κ2) is 8.54. The van der Waals surface area contributed by atoms with Gasteiger partial charge in [-0.15, -0.1) is 0 Å². The number of carbonyl (C=O) groups excluding carboxylic acids is 1. The number of hydrogen-bond donors (Lipinski definition) is 1. The summed E-state index contributed by atoms with van der Waals surface area (Å²) in [5, 5.41) is 9.51. The van der Waals surface area contributed by atoms with Crippen molar-refractivity contribution < 1.29 is 19.4 Å². The van der Waals surface area contributed by atoms with Crippen LogP contribution in [0.2, 0.25) is 0 Å². The highest BCUT2D eigenvalue weighted by Crippen LogP contribution is 2.26. The Bertz CT molecular complexity index is 613. The lowest BCUT2D eigenvalue weighted by Gasteiger charge is -2.43. The molecule has 0 spiro atoms. The van der Waals surface area contributed by atoms with E-state index in [-0.39, 0.29) is 19.2 Å². The largest absolute Gasteiger partial charge is 0.481 e. The summed E-state index contributed by atoms with van der Waals surface area (Å²) in [6.07, 6.45) is 2.45. The van der Waals surface area contributed by atoms with Gasteiger partial charge in [0.1, 0.15) is 6.61 Å². The van der Waals surface area contributed by atoms with E-state index < -0.39 is 18.0 Å². The van der Waals surface area contributed by atoms with Gasteiger partial charge in [-0.05, 0) is 43.8 Å². The van der Waals surface area contributed by atoms with Gasteiger partial charge in [0.15, 0.2) is 0 Å². The van der Waals surface area contributed by atoms with Gasteiger partial charge in [0.2, 0.25) is 0 Å². The molecule has 0 unspecified atom stereocenters. The molecule has 0 bridgehead atoms. The zero-order valence-electron chi connectivity index (χ0n) is 15.3. The Morgan fingerprint density at radius 2 is 1.85 bits per heavy atom. The fourth-order valence-electron chi connectivity index (χ4n) is 3.87. The topological polar surface area (TPSA) is 70.1 Å². The first-order valence-electron chi connectivity index (χ1n) is 9.45. The van der Waals surface area contributed by atoms with Crippen molar-refractivity contribution in [2.75, 3.05) is 26.2 Å². The Balaban J connectivity index is 1.61. The average molecular weight is 360 g/mol. The van der Waals surface area contributed by atoms with Crippen molar-refractivity contribution >= 4 is 12.1 Å². The van der Waals surface area contributed by atoms with Crippen LogP contribution in [0.15, 0.2) is 30.3 Å². The Morgan fingerprint density at radius 3 is 2.50 bits per heavy atom. The SMILES string of the molecule is CC1CCN([C@H]2C[C@@H](C(=O)O)CN(C(=O)OCc3ccccc3)C2)CC1. The summed E-state index contributed by atoms with van der Waals surface area (Å²) in [7, 11) is 0. The Hall–Kier alpha value is -2.08. The molecule has 0 saturated carbocycles. The van der Waals surface area contributed by atoms with Gasteiger partial charge in [-0.1, -0.05) is 37.3 Å². The van der Waals surface area contributed by atoms with E-state index in [2.05, 4.69) is 11.8 Å². The maximum Gasteiger partial charge on any atom is 0.410 e. The fraction of sp³-hybridized carbons (Fsp3) is 0.600. The zero-order chi connectivity index (χ0) is 18.5. The highest BCUT2D eigenvalue weighted by molar-refractivity contribution is 5.73. The summed E-state index contributed by atoms with van der Waals surface area (Å²) < 4.78 is 5.42. The number of likely N-dealkylation sites (tertiary alicyclic amines) is 2. The van der Waals surface area contributed by atoms with Crippen LogP contribution in [-0.4, -0.2) is 59.2 Å². The molecule has 0 aliphatic carbocycles. The van der Waals surface area contributed by atoms with Crippen molar-refractivity contribution in [1.82, 2.24) is 9.80 Å². The van der Waals surface area contributed by atoms with Crippen molar-refractivity contribution in [3.63, 3.8) is 0 Å². The first-order valence-corrected chi connectivity index (χ1v) is 9.45. The van der Waals surface area contributed by atoms with Gasteiger partial charge in [0.05, 0.1) is 5.92 Å². The Kier molecular flexibility index (Phi) is 6.14. The quantitative estimate of drug-likeness (QED) is 0.894. The number of hydrogen-bond acceptors (Lipinski definition) is 4. The Labute approximate surface area is 154 Å². The summed E-state index contributed by atoms with van der Waals surface area (Å²) in [4.78, 5) is 28.0. The number of benzene rings is 1. The number of carboxylic acid groups (broad SMARTS) is 1. The maximum absolute atomic E-state index is 12.5. The molecule has 2 atom stereocenters. The van der Waals surface area contributed by atoms with Gasteiger partial charge in [-0.25, -0.2) is 4.79 Å². The summed E-state index contributed by atoms with van der Waals surface area (Å²) in [5.41, 5.74) is 0.925. The average Bonchev–Trinajstić information content (AvgIpc) is 2.67. The second-order valence-corrected chi connectivity index (χ2v) is 7.59. The van der Waals surface area contributed by atoms with E-state index in [1.165, 1.54) is 0 Å². The van der Waals surface area contributed by atoms with Crippen LogP contribution in [0.3, 0.4) is 0 Å². The van der Waals surface area contributed by atoms with Gasteiger partial charge < -0.3 is 14.7 Å². The van der Waals surface area contributed by atoms with Crippen LogP contribution in [-0.2, 0) is 16.1 Å². The van der Waals surface area contributed by atoms with Crippen molar-refractivity contribution in [2.45, 2.75) is 38.8 Å². The number of aliphatic carboxylic acids is 1. The molecule has 2 aliphatic rings. The van der Waals surface area contributed by atoms with Crippen molar-refractivity contribution in [3.05, 3.63) is 35.9 Å². The smallest absolute Gasteiger partial charge is 0.410 e. The zero-order valence-corrected chi connectivity index (χ0v) is 15.3. The fourth-order valence-corrected chi connectivity index (χ4v) is 3.87. The number of piperidine rings is 2. The molecule has 1 aromatic rings. The lowest BCUT2D eigenvalue weighted by Crippen LogP contribution is -2.55. The molecule has 6 nitrogen and oxygen atoms in total. The van der Waals surface area contributed by atoms with E-state index in [1.54, 1.807) is 4.90 Å². The van der Waals surface area contributed by atoms with E-state index >= 15 is 0 Å². The highest BCUT2D eigenvalue weighted by atomic mass is 16.6. The molecule has 0 radical (unpaired) electrons. The van der Waals surface area contributed by atoms with E-state index in [0.717, 1.165) is 37.4 Å². The van der Waals surface area contributed by atoms with Gasteiger partial charge in [-0.2, -0.15) is 0 Å². The van der Waals surface area contributed by atoms with Gasteiger partial charge in [0, 0.05) is 19.1 Å². The number of amides is 1. The molecule has 2 heterocycles. The number of carbonyl (C=O) groups is 2. The summed E-state index contributed by atoms with van der Waals surface area (Å²) in [6.45, 7) is 5.19. The predicted molar refractivity (Wildman–Crippen MR) is 97.7 cm³/mol. The van der Waals surface area contributed by atoms with Crippen LogP contribution in [0.4, 0.5) is 4.79 Å². The molecule has 2 aliphatic heterocycles. The van der Waals surface area contributed by atoms with Crippen LogP contribution in [0, 0.1) is 11.8 Å². The lowest BCUT2D eigenvalue weighted by molar-refractivity contribution is -0.144. The van der Waals surface area contributed by atoms with Crippen LogP contribution in [0.1, 0.15) is 31.7 Å². The van der Waals surface area contributed by atoms with Gasteiger partial charge in [0.25, 0.3) is 0 Å². The normalized spacial score (nSPS) is 25.0. The number of ether oxygens (including phenoxy) is 1. The van der Waals surface area contributed by atoms with E-state index in [0.29, 0.717) is 13.0 Å². The molecule has 6 heteroatoms. The van der Waals surface area contributed by atoms with Crippen LogP contribution >= 0.6 is 0 Å². The summed E-state index contributed by atoms with van der Waals surface area (Å²) in [5.74, 6) is -0.643. The van der Waals surface area contributed by atoms with Crippen LogP contribution in [0.25, 0.3) is 0 Å². The first kappa shape index (κ1) is 18.7. The molecule has 0 aromatic heterocycles. The third kappa shape index (κ3) is 4.75. The molecule has 2 saturated heterocycles. The summed E-state index contributed by atoms with van der Waals surface area (Å²) in [6, 6.07) is 9.62. The minimum Gasteiger partial charge on any atom is -0.481 e. The molecular formula is C20H28N2O4. The summed E-state index contributed by atoms with van der Waals surface area (Å²) >= 11 is 0. The highest BCUT2D eigenvalue weighted by Gasteiger charge is 2.37. The van der Waals surface area contributed by atoms with E-state index in [4.69, 9.17) is 4.74 Å². The molecular weight excluding hydrogens is 332 g/mol. The maximum atomic E-state index is 12.5. The van der Waals surface area contributed by atoms with Crippen molar-refractivity contribution in [1.29, 1.82) is 0 Å². The molecule has 26 heavy (non-hydrogen) atoms. The molecule has 1 amide bonds. The molecule has 1 aromatic carbocycles. The van der Waals surface area contributed by atoms with Gasteiger partial charge >= 0.3 is 12.1 Å². The molecule has 1 N–H and O–H groups in total. The number of rotatable bonds is 4. The van der Waals surface area contributed by atoms with Crippen LogP contribution in [0.5, 0.6) is 0 Å². The third-order valence-electron chi connectivity index (χ3n) is 5.58. The minimum atomic E-state index is -0.832. The Morgan fingerprint density at radius 1 is 1.15 bits per heavy atom. The number of carboxylic acids is 1. The first-order chi connectivity index (χ1) is 12.5. The van der Waals surface area contributed by atoms with Crippen LogP contribution < -0.4 is 0 Å². The molecule has 142 valence electrons.